The van der Waals surface area contributed by atoms with Crippen LogP contribution in [0.2, 0.25) is 0 Å². The normalized spacial score (nSPS) is 14.2. The lowest BCUT2D eigenvalue weighted by atomic mass is 9.87. The Morgan fingerprint density at radius 3 is 1.66 bits per heavy atom. The van der Waals surface area contributed by atoms with Crippen molar-refractivity contribution >= 4 is 15.7 Å². The third-order valence-corrected chi connectivity index (χ3v) is 6.75. The number of alkyl halides is 6. The second-order valence-corrected chi connectivity index (χ2v) is 9.16. The van der Waals surface area contributed by atoms with Gasteiger partial charge in [-0.3, -0.25) is 4.79 Å². The van der Waals surface area contributed by atoms with E-state index in [9.17, 15) is 44.7 Å². The fourth-order valence-electron chi connectivity index (χ4n) is 3.18. The van der Waals surface area contributed by atoms with Gasteiger partial charge in [-0.2, -0.15) is 26.3 Å². The van der Waals surface area contributed by atoms with Gasteiger partial charge in [0.1, 0.15) is 0 Å². The van der Waals surface area contributed by atoms with Gasteiger partial charge in [0, 0.05) is 5.56 Å². The first-order valence-corrected chi connectivity index (χ1v) is 10.8. The highest BCUT2D eigenvalue weighted by Gasteiger charge is 2.71. The molecule has 0 fully saturated rings. The number of nitrogens with two attached hydrogens (primary N) is 1. The third kappa shape index (κ3) is 4.75. The van der Waals surface area contributed by atoms with Gasteiger partial charge in [-0.15, -0.1) is 0 Å². The number of hydrogen-bond acceptors (Lipinski definition) is 4. The SMILES string of the molecule is CCCS(=O)(=O)c1ccc(C(C(N)=O)c2ccc(C(O)(C(F)(F)F)C(F)(F)F)cc2)cc1. The molecule has 1 unspecified atom stereocenters. The molecule has 0 aliphatic rings. The summed E-state index contributed by atoms with van der Waals surface area (Å²) in [5.74, 6) is -2.35. The highest BCUT2D eigenvalue weighted by Crippen LogP contribution is 2.50. The van der Waals surface area contributed by atoms with Crippen LogP contribution in [0.15, 0.2) is 53.4 Å². The zero-order valence-electron chi connectivity index (χ0n) is 16.5. The van der Waals surface area contributed by atoms with Crippen LogP contribution in [0.4, 0.5) is 26.3 Å². The van der Waals surface area contributed by atoms with E-state index in [1.807, 2.05) is 0 Å². The number of sulfone groups is 1. The molecule has 2 rings (SSSR count). The van der Waals surface area contributed by atoms with E-state index in [1.165, 1.54) is 24.3 Å². The van der Waals surface area contributed by atoms with Crippen molar-refractivity contribution in [1.82, 2.24) is 0 Å². The fourth-order valence-corrected chi connectivity index (χ4v) is 4.50. The van der Waals surface area contributed by atoms with Crippen LogP contribution in [0, 0.1) is 0 Å². The summed E-state index contributed by atoms with van der Waals surface area (Å²) in [6.07, 6.45) is -11.7. The van der Waals surface area contributed by atoms with Crippen molar-refractivity contribution in [3.8, 4) is 0 Å². The molecule has 0 spiro atoms. The summed E-state index contributed by atoms with van der Waals surface area (Å²) in [6, 6.07) is 7.48. The Morgan fingerprint density at radius 1 is 0.906 bits per heavy atom. The fraction of sp³-hybridized carbons (Fsp3) is 0.350. The number of hydrogen-bond donors (Lipinski definition) is 2. The number of carbonyl (C=O) groups is 1. The van der Waals surface area contributed by atoms with Crippen molar-refractivity contribution < 1.29 is 44.7 Å². The van der Waals surface area contributed by atoms with Gasteiger partial charge in [-0.1, -0.05) is 43.3 Å². The summed E-state index contributed by atoms with van der Waals surface area (Å²) in [5, 5.41) is 9.46. The van der Waals surface area contributed by atoms with Crippen LogP contribution in [-0.2, 0) is 20.2 Å². The molecule has 0 saturated heterocycles. The number of rotatable bonds is 7. The summed E-state index contributed by atoms with van der Waals surface area (Å²) in [6.45, 7) is 1.68. The van der Waals surface area contributed by atoms with Crippen molar-refractivity contribution in [2.45, 2.75) is 42.1 Å². The zero-order chi connectivity index (χ0) is 24.5. The second kappa shape index (κ2) is 8.74. The molecule has 32 heavy (non-hydrogen) atoms. The lowest BCUT2D eigenvalue weighted by Crippen LogP contribution is -2.53. The van der Waals surface area contributed by atoms with Crippen LogP contribution in [-0.4, -0.2) is 37.5 Å². The predicted octanol–water partition coefficient (Wildman–Crippen LogP) is 3.80. The predicted molar refractivity (Wildman–Crippen MR) is 102 cm³/mol. The molecule has 0 saturated carbocycles. The highest BCUT2D eigenvalue weighted by atomic mass is 32.2. The third-order valence-electron chi connectivity index (χ3n) is 4.81. The first-order valence-electron chi connectivity index (χ1n) is 9.14. The molecule has 176 valence electrons. The molecule has 5 nitrogen and oxygen atoms in total. The molecule has 3 N–H and O–H groups in total. The second-order valence-electron chi connectivity index (χ2n) is 7.05. The minimum Gasteiger partial charge on any atom is -0.369 e. The standard InChI is InChI=1S/C20H19F6NO4S/c1-2-11-32(30,31)15-9-5-13(6-10-15)16(17(27)28)12-3-7-14(8-4-12)18(29,19(21,22)23)20(24,25)26/h3-10,16,29H,2,11H2,1H3,(H2,27,28). The Bertz CT molecular complexity index is 1050. The molecule has 0 radical (unpaired) electrons. The average molecular weight is 483 g/mol. The first kappa shape index (κ1) is 25.7. The highest BCUT2D eigenvalue weighted by molar-refractivity contribution is 7.91. The molecule has 0 bridgehead atoms. The molecule has 1 atom stereocenters. The van der Waals surface area contributed by atoms with E-state index in [1.54, 1.807) is 6.92 Å². The number of primary amides is 1. The van der Waals surface area contributed by atoms with E-state index in [0.29, 0.717) is 18.6 Å². The topological polar surface area (TPSA) is 97.5 Å². The van der Waals surface area contributed by atoms with E-state index < -0.39 is 45.2 Å². The Labute approximate surface area is 179 Å². The Hall–Kier alpha value is -2.60. The number of benzene rings is 2. The molecule has 0 heterocycles. The quantitative estimate of drug-likeness (QED) is 0.586. The molecular weight excluding hydrogens is 464 g/mol. The van der Waals surface area contributed by atoms with Gasteiger partial charge in [0.05, 0.1) is 16.6 Å². The molecule has 0 aliphatic carbocycles. The van der Waals surface area contributed by atoms with E-state index in [2.05, 4.69) is 0 Å². The van der Waals surface area contributed by atoms with Crippen LogP contribution in [0.5, 0.6) is 0 Å². The van der Waals surface area contributed by atoms with Crippen molar-refractivity contribution in [3.05, 3.63) is 65.2 Å². The van der Waals surface area contributed by atoms with Crippen LogP contribution in [0.25, 0.3) is 0 Å². The first-order chi connectivity index (χ1) is 14.6. The molecule has 0 aromatic heterocycles. The van der Waals surface area contributed by atoms with Crippen molar-refractivity contribution in [3.63, 3.8) is 0 Å². The van der Waals surface area contributed by atoms with Crippen LogP contribution >= 0.6 is 0 Å². The monoisotopic (exact) mass is 483 g/mol. The molecule has 2 aromatic carbocycles. The average Bonchev–Trinajstić information content (AvgIpc) is 2.66. The van der Waals surface area contributed by atoms with Crippen LogP contribution in [0.1, 0.15) is 36.0 Å². The zero-order valence-corrected chi connectivity index (χ0v) is 17.4. The van der Waals surface area contributed by atoms with Crippen LogP contribution < -0.4 is 5.73 Å². The maximum absolute atomic E-state index is 13.0. The van der Waals surface area contributed by atoms with Gasteiger partial charge < -0.3 is 10.8 Å². The van der Waals surface area contributed by atoms with E-state index in [4.69, 9.17) is 5.73 Å². The lowest BCUT2D eigenvalue weighted by Gasteiger charge is -2.32. The molecule has 0 aliphatic heterocycles. The van der Waals surface area contributed by atoms with Gasteiger partial charge in [0.25, 0.3) is 5.60 Å². The van der Waals surface area contributed by atoms with Gasteiger partial charge in [-0.25, -0.2) is 8.42 Å². The number of halogens is 6. The summed E-state index contributed by atoms with van der Waals surface area (Å²) < 4.78 is 102. The smallest absolute Gasteiger partial charge is 0.369 e. The van der Waals surface area contributed by atoms with Crippen LogP contribution in [0.3, 0.4) is 0 Å². The maximum atomic E-state index is 13.0. The van der Waals surface area contributed by atoms with E-state index in [-0.39, 0.29) is 21.8 Å². The van der Waals surface area contributed by atoms with Gasteiger partial charge in [-0.05, 0) is 29.7 Å². The van der Waals surface area contributed by atoms with Gasteiger partial charge in [0.2, 0.25) is 5.91 Å². The summed E-state index contributed by atoms with van der Waals surface area (Å²) in [4.78, 5) is 12.0. The van der Waals surface area contributed by atoms with Gasteiger partial charge >= 0.3 is 12.4 Å². The Balaban J connectivity index is 2.48. The molecule has 2 aromatic rings. The molecular formula is C20H19F6NO4S. The van der Waals surface area contributed by atoms with Crippen molar-refractivity contribution in [2.24, 2.45) is 5.73 Å². The number of aliphatic hydroxyl groups is 1. The van der Waals surface area contributed by atoms with Crippen molar-refractivity contribution in [2.75, 3.05) is 5.75 Å². The van der Waals surface area contributed by atoms with E-state index in [0.717, 1.165) is 12.1 Å². The minimum atomic E-state index is -6.05. The van der Waals surface area contributed by atoms with Gasteiger partial charge in [0.15, 0.2) is 9.84 Å². The lowest BCUT2D eigenvalue weighted by molar-refractivity contribution is -0.376. The summed E-state index contributed by atoms with van der Waals surface area (Å²) in [7, 11) is -3.54. The Morgan fingerprint density at radius 2 is 1.31 bits per heavy atom. The molecule has 12 heteroatoms. The summed E-state index contributed by atoms with van der Waals surface area (Å²) >= 11 is 0. The Kier molecular flexibility index (Phi) is 7.01. The molecule has 1 amide bonds. The number of amides is 1. The largest absolute Gasteiger partial charge is 0.430 e. The number of carbonyl (C=O) groups excluding carboxylic acids is 1. The minimum absolute atomic E-state index is 0.0120. The van der Waals surface area contributed by atoms with Crippen molar-refractivity contribution in [1.29, 1.82) is 0 Å². The van der Waals surface area contributed by atoms with E-state index >= 15 is 0 Å². The maximum Gasteiger partial charge on any atom is 0.430 e. The summed E-state index contributed by atoms with van der Waals surface area (Å²) in [5.41, 5.74) is -1.08.